The third-order valence-electron chi connectivity index (χ3n) is 1.49. The molecule has 0 radical (unpaired) electrons. The summed E-state index contributed by atoms with van der Waals surface area (Å²) in [6.07, 6.45) is 1.46. The molecule has 0 aliphatic carbocycles. The second-order valence-electron chi connectivity index (χ2n) is 2.95. The van der Waals surface area contributed by atoms with E-state index in [2.05, 4.69) is 10.3 Å². The summed E-state index contributed by atoms with van der Waals surface area (Å²) in [5.74, 6) is 0.807. The zero-order valence-corrected chi connectivity index (χ0v) is 7.41. The predicted molar refractivity (Wildman–Crippen MR) is 49.1 cm³/mol. The maximum Gasteiger partial charge on any atom is 0.125 e. The minimum absolute atomic E-state index is 0.340. The summed E-state index contributed by atoms with van der Waals surface area (Å²) in [7, 11) is 0. The highest BCUT2D eigenvalue weighted by Gasteiger charge is 1.95. The Balaban J connectivity index is 2.48. The molecule has 3 heteroatoms. The van der Waals surface area contributed by atoms with Gasteiger partial charge in [-0.3, -0.25) is 0 Å². The Kier molecular flexibility index (Phi) is 3.05. The van der Waals surface area contributed by atoms with Crippen LogP contribution in [0.1, 0.15) is 12.5 Å². The maximum absolute atomic E-state index is 8.98. The standard InChI is InChI=1S/C9H14N2O/c1-7-3-4-9(10-5-7)11-6-8(2)12/h3-5,8,12H,6H2,1-2H3,(H,10,11). The summed E-state index contributed by atoms with van der Waals surface area (Å²) in [4.78, 5) is 4.13. The van der Waals surface area contributed by atoms with E-state index in [0.717, 1.165) is 11.4 Å². The molecule has 1 rings (SSSR count). The van der Waals surface area contributed by atoms with Crippen LogP contribution in [-0.2, 0) is 0 Å². The van der Waals surface area contributed by atoms with E-state index in [1.165, 1.54) is 0 Å². The van der Waals surface area contributed by atoms with Gasteiger partial charge in [-0.25, -0.2) is 4.98 Å². The van der Waals surface area contributed by atoms with Crippen molar-refractivity contribution in [2.75, 3.05) is 11.9 Å². The lowest BCUT2D eigenvalue weighted by molar-refractivity contribution is 0.208. The van der Waals surface area contributed by atoms with E-state index in [1.807, 2.05) is 19.1 Å². The molecule has 1 heterocycles. The fourth-order valence-electron chi connectivity index (χ4n) is 0.825. The van der Waals surface area contributed by atoms with Crippen molar-refractivity contribution in [3.63, 3.8) is 0 Å². The van der Waals surface area contributed by atoms with Crippen molar-refractivity contribution in [3.8, 4) is 0 Å². The maximum atomic E-state index is 8.98. The third kappa shape index (κ3) is 2.88. The lowest BCUT2D eigenvalue weighted by Gasteiger charge is -2.06. The van der Waals surface area contributed by atoms with Crippen molar-refractivity contribution in [2.24, 2.45) is 0 Å². The van der Waals surface area contributed by atoms with Crippen LogP contribution in [0.15, 0.2) is 18.3 Å². The summed E-state index contributed by atoms with van der Waals surface area (Å²) >= 11 is 0. The van der Waals surface area contributed by atoms with Gasteiger partial charge >= 0.3 is 0 Å². The van der Waals surface area contributed by atoms with Crippen LogP contribution >= 0.6 is 0 Å². The number of rotatable bonds is 3. The molecule has 0 aromatic carbocycles. The van der Waals surface area contributed by atoms with E-state index in [0.29, 0.717) is 6.54 Å². The minimum Gasteiger partial charge on any atom is -0.392 e. The van der Waals surface area contributed by atoms with Gasteiger partial charge in [0, 0.05) is 12.7 Å². The number of aliphatic hydroxyl groups is 1. The summed E-state index contributed by atoms with van der Waals surface area (Å²) in [5.41, 5.74) is 1.14. The molecule has 12 heavy (non-hydrogen) atoms. The van der Waals surface area contributed by atoms with Crippen molar-refractivity contribution in [1.82, 2.24) is 4.98 Å². The molecule has 0 spiro atoms. The van der Waals surface area contributed by atoms with Crippen molar-refractivity contribution in [2.45, 2.75) is 20.0 Å². The summed E-state index contributed by atoms with van der Waals surface area (Å²) in [5, 5.41) is 12.0. The Labute approximate surface area is 72.5 Å². The molecule has 2 N–H and O–H groups in total. The number of nitrogens with one attached hydrogen (secondary N) is 1. The molecule has 0 aliphatic heterocycles. The highest BCUT2D eigenvalue weighted by atomic mass is 16.3. The number of pyridine rings is 1. The van der Waals surface area contributed by atoms with Crippen LogP contribution < -0.4 is 5.32 Å². The zero-order valence-electron chi connectivity index (χ0n) is 7.41. The number of hydrogen-bond donors (Lipinski definition) is 2. The molecule has 1 unspecified atom stereocenters. The number of hydrogen-bond acceptors (Lipinski definition) is 3. The van der Waals surface area contributed by atoms with Gasteiger partial charge in [-0.15, -0.1) is 0 Å². The van der Waals surface area contributed by atoms with Crippen LogP contribution in [0.25, 0.3) is 0 Å². The van der Waals surface area contributed by atoms with Gasteiger partial charge in [0.2, 0.25) is 0 Å². The number of nitrogens with zero attached hydrogens (tertiary/aromatic N) is 1. The van der Waals surface area contributed by atoms with E-state index >= 15 is 0 Å². The molecule has 1 aromatic rings. The number of aliphatic hydroxyl groups excluding tert-OH is 1. The van der Waals surface area contributed by atoms with Gasteiger partial charge in [-0.05, 0) is 25.5 Å². The summed E-state index contributed by atoms with van der Waals surface area (Å²) < 4.78 is 0. The molecule has 0 aliphatic rings. The van der Waals surface area contributed by atoms with Gasteiger partial charge in [0.1, 0.15) is 5.82 Å². The second kappa shape index (κ2) is 4.07. The monoisotopic (exact) mass is 166 g/mol. The van der Waals surface area contributed by atoms with Gasteiger partial charge in [-0.1, -0.05) is 6.07 Å². The van der Waals surface area contributed by atoms with Crippen LogP contribution in [0.2, 0.25) is 0 Å². The lowest BCUT2D eigenvalue weighted by Crippen LogP contribution is -2.15. The number of anilines is 1. The average molecular weight is 166 g/mol. The summed E-state index contributed by atoms with van der Waals surface area (Å²) in [6.45, 7) is 4.27. The summed E-state index contributed by atoms with van der Waals surface area (Å²) in [6, 6.07) is 3.88. The van der Waals surface area contributed by atoms with E-state index < -0.39 is 0 Å². The van der Waals surface area contributed by atoms with Crippen LogP contribution in [-0.4, -0.2) is 22.7 Å². The SMILES string of the molecule is Cc1ccc(NCC(C)O)nc1. The van der Waals surface area contributed by atoms with Crippen LogP contribution in [0, 0.1) is 6.92 Å². The Morgan fingerprint density at radius 2 is 2.33 bits per heavy atom. The molecule has 0 amide bonds. The van der Waals surface area contributed by atoms with Gasteiger partial charge in [0.15, 0.2) is 0 Å². The first-order chi connectivity index (χ1) is 5.68. The first-order valence-corrected chi connectivity index (χ1v) is 4.03. The molecule has 66 valence electrons. The Bertz CT molecular complexity index is 231. The largest absolute Gasteiger partial charge is 0.392 e. The Morgan fingerprint density at radius 3 is 2.83 bits per heavy atom. The molecule has 1 atom stereocenters. The van der Waals surface area contributed by atoms with E-state index in [4.69, 9.17) is 5.11 Å². The van der Waals surface area contributed by atoms with Gasteiger partial charge in [0.25, 0.3) is 0 Å². The normalized spacial score (nSPS) is 12.6. The highest BCUT2D eigenvalue weighted by molar-refractivity contribution is 5.35. The Hall–Kier alpha value is -1.09. The molecule has 0 fully saturated rings. The van der Waals surface area contributed by atoms with Gasteiger partial charge < -0.3 is 10.4 Å². The van der Waals surface area contributed by atoms with Crippen LogP contribution in [0.5, 0.6) is 0 Å². The topological polar surface area (TPSA) is 45.1 Å². The molecule has 0 saturated carbocycles. The quantitative estimate of drug-likeness (QED) is 0.708. The molecular weight excluding hydrogens is 152 g/mol. The van der Waals surface area contributed by atoms with E-state index in [1.54, 1.807) is 13.1 Å². The smallest absolute Gasteiger partial charge is 0.125 e. The minimum atomic E-state index is -0.340. The second-order valence-corrected chi connectivity index (χ2v) is 2.95. The van der Waals surface area contributed by atoms with Gasteiger partial charge in [0.05, 0.1) is 6.10 Å². The third-order valence-corrected chi connectivity index (χ3v) is 1.49. The van der Waals surface area contributed by atoms with Crippen molar-refractivity contribution < 1.29 is 5.11 Å². The molecule has 3 nitrogen and oxygen atoms in total. The predicted octanol–water partition coefficient (Wildman–Crippen LogP) is 1.18. The molecule has 0 saturated heterocycles. The fraction of sp³-hybridized carbons (Fsp3) is 0.444. The number of aryl methyl sites for hydroxylation is 1. The lowest BCUT2D eigenvalue weighted by atomic mass is 10.3. The van der Waals surface area contributed by atoms with Crippen molar-refractivity contribution >= 4 is 5.82 Å². The van der Waals surface area contributed by atoms with E-state index in [9.17, 15) is 0 Å². The first kappa shape index (κ1) is 9.00. The molecular formula is C9H14N2O. The number of aromatic nitrogens is 1. The molecule has 1 aromatic heterocycles. The average Bonchev–Trinajstić information content (AvgIpc) is 2.03. The van der Waals surface area contributed by atoms with Crippen molar-refractivity contribution in [1.29, 1.82) is 0 Å². The van der Waals surface area contributed by atoms with Gasteiger partial charge in [-0.2, -0.15) is 0 Å². The van der Waals surface area contributed by atoms with Crippen molar-refractivity contribution in [3.05, 3.63) is 23.9 Å². The van der Waals surface area contributed by atoms with Crippen LogP contribution in [0.4, 0.5) is 5.82 Å². The molecule has 0 bridgehead atoms. The zero-order chi connectivity index (χ0) is 8.97. The van der Waals surface area contributed by atoms with Crippen LogP contribution in [0.3, 0.4) is 0 Å². The Morgan fingerprint density at radius 1 is 1.58 bits per heavy atom. The first-order valence-electron chi connectivity index (χ1n) is 4.03. The fourth-order valence-corrected chi connectivity index (χ4v) is 0.825. The highest BCUT2D eigenvalue weighted by Crippen LogP contribution is 2.03. The van der Waals surface area contributed by atoms with E-state index in [-0.39, 0.29) is 6.10 Å².